The summed E-state index contributed by atoms with van der Waals surface area (Å²) < 4.78 is 6.87. The van der Waals surface area contributed by atoms with Crippen LogP contribution in [0.25, 0.3) is 16.2 Å². The van der Waals surface area contributed by atoms with Gasteiger partial charge in [-0.3, -0.25) is 4.40 Å². The minimum Gasteiger partial charge on any atom is -0.461 e. The standard InChI is InChI=1S/C17H19N3O2S/c1-5-22-16(21)13-15(18)20-14(11(4)23-17(20)19-13)12-7-6-9(2)10(3)8-12/h6-8H,5,18H2,1-4H3. The van der Waals surface area contributed by atoms with Gasteiger partial charge >= 0.3 is 5.97 Å². The fraction of sp³-hybridized carbons (Fsp3) is 0.294. The van der Waals surface area contributed by atoms with E-state index in [2.05, 4.69) is 37.0 Å². The van der Waals surface area contributed by atoms with E-state index in [4.69, 9.17) is 10.5 Å². The number of rotatable bonds is 3. The second-order valence-corrected chi connectivity index (χ2v) is 6.67. The number of benzene rings is 1. The summed E-state index contributed by atoms with van der Waals surface area (Å²) >= 11 is 1.52. The van der Waals surface area contributed by atoms with Crippen LogP contribution in [0.1, 0.15) is 33.4 Å². The van der Waals surface area contributed by atoms with Crippen molar-refractivity contribution in [1.82, 2.24) is 9.38 Å². The first-order chi connectivity index (χ1) is 10.9. The lowest BCUT2D eigenvalue weighted by molar-refractivity contribution is 0.0521. The Balaban J connectivity index is 2.22. The van der Waals surface area contributed by atoms with Gasteiger partial charge in [-0.15, -0.1) is 11.3 Å². The highest BCUT2D eigenvalue weighted by molar-refractivity contribution is 7.17. The third kappa shape index (κ3) is 2.49. The lowest BCUT2D eigenvalue weighted by Gasteiger charge is -2.07. The van der Waals surface area contributed by atoms with Crippen LogP contribution in [0.3, 0.4) is 0 Å². The molecule has 0 spiro atoms. The van der Waals surface area contributed by atoms with E-state index in [1.165, 1.54) is 22.5 Å². The van der Waals surface area contributed by atoms with E-state index in [1.54, 1.807) is 6.92 Å². The van der Waals surface area contributed by atoms with E-state index >= 15 is 0 Å². The monoisotopic (exact) mass is 329 g/mol. The molecule has 0 saturated carbocycles. The molecule has 5 nitrogen and oxygen atoms in total. The number of carbonyl (C=O) groups excluding carboxylic acids is 1. The van der Waals surface area contributed by atoms with Crippen molar-refractivity contribution in [2.45, 2.75) is 27.7 Å². The van der Waals surface area contributed by atoms with Crippen molar-refractivity contribution in [2.75, 3.05) is 12.3 Å². The molecule has 6 heteroatoms. The fourth-order valence-corrected chi connectivity index (χ4v) is 3.61. The molecule has 0 atom stereocenters. The number of anilines is 1. The van der Waals surface area contributed by atoms with Gasteiger partial charge in [0.2, 0.25) is 0 Å². The van der Waals surface area contributed by atoms with Crippen LogP contribution >= 0.6 is 11.3 Å². The number of fused-ring (bicyclic) bond motifs is 1. The quantitative estimate of drug-likeness (QED) is 0.743. The third-order valence-corrected chi connectivity index (χ3v) is 4.89. The van der Waals surface area contributed by atoms with E-state index < -0.39 is 5.97 Å². The Morgan fingerprint density at radius 2 is 2.04 bits per heavy atom. The Morgan fingerprint density at radius 1 is 1.30 bits per heavy atom. The molecule has 2 N–H and O–H groups in total. The first-order valence-electron chi connectivity index (χ1n) is 7.46. The molecule has 2 aromatic heterocycles. The molecule has 0 saturated heterocycles. The highest BCUT2D eigenvalue weighted by Gasteiger charge is 2.23. The summed E-state index contributed by atoms with van der Waals surface area (Å²) in [6.07, 6.45) is 0. The van der Waals surface area contributed by atoms with Crippen LogP contribution in [-0.2, 0) is 4.74 Å². The van der Waals surface area contributed by atoms with Crippen molar-refractivity contribution in [3.05, 3.63) is 39.9 Å². The molecule has 23 heavy (non-hydrogen) atoms. The normalized spacial score (nSPS) is 11.1. The number of hydrogen-bond acceptors (Lipinski definition) is 5. The maximum absolute atomic E-state index is 12.0. The molecule has 0 bridgehead atoms. The molecule has 3 rings (SSSR count). The predicted octanol–water partition coefficient (Wildman–Crippen LogP) is 3.75. The van der Waals surface area contributed by atoms with Gasteiger partial charge in [-0.2, -0.15) is 0 Å². The van der Waals surface area contributed by atoms with E-state index in [9.17, 15) is 4.79 Å². The molecule has 0 radical (unpaired) electrons. The number of esters is 1. The van der Waals surface area contributed by atoms with E-state index in [0.717, 1.165) is 16.1 Å². The fourth-order valence-electron chi connectivity index (χ4n) is 2.61. The Bertz CT molecular complexity index is 908. The lowest BCUT2D eigenvalue weighted by atomic mass is 10.0. The first-order valence-corrected chi connectivity index (χ1v) is 8.27. The zero-order valence-electron chi connectivity index (χ0n) is 13.6. The number of hydrogen-bond donors (Lipinski definition) is 1. The number of imidazole rings is 1. The second-order valence-electron chi connectivity index (χ2n) is 5.49. The van der Waals surface area contributed by atoms with Gasteiger partial charge in [0.15, 0.2) is 10.7 Å². The number of nitrogens with two attached hydrogens (primary N) is 1. The highest BCUT2D eigenvalue weighted by atomic mass is 32.1. The molecule has 0 aliphatic carbocycles. The number of carbonyl (C=O) groups is 1. The average molecular weight is 329 g/mol. The van der Waals surface area contributed by atoms with Gasteiger partial charge < -0.3 is 10.5 Å². The summed E-state index contributed by atoms with van der Waals surface area (Å²) in [4.78, 5) is 18.2. The van der Waals surface area contributed by atoms with Crippen LogP contribution in [-0.4, -0.2) is 22.0 Å². The van der Waals surface area contributed by atoms with Crippen molar-refractivity contribution in [2.24, 2.45) is 0 Å². The molecular formula is C17H19N3O2S. The molecule has 1 aromatic carbocycles. The van der Waals surface area contributed by atoms with Gasteiger partial charge in [-0.25, -0.2) is 9.78 Å². The first kappa shape index (κ1) is 15.6. The molecule has 0 fully saturated rings. The van der Waals surface area contributed by atoms with Gasteiger partial charge in [0.25, 0.3) is 0 Å². The summed E-state index contributed by atoms with van der Waals surface area (Å²) in [5.41, 5.74) is 10.9. The van der Waals surface area contributed by atoms with Gasteiger partial charge in [0, 0.05) is 10.4 Å². The van der Waals surface area contributed by atoms with E-state index in [1.807, 2.05) is 11.3 Å². The number of thiazole rings is 1. The molecule has 0 unspecified atom stereocenters. The zero-order valence-corrected chi connectivity index (χ0v) is 14.5. The highest BCUT2D eigenvalue weighted by Crippen LogP contribution is 2.35. The summed E-state index contributed by atoms with van der Waals surface area (Å²) in [6.45, 7) is 8.26. The van der Waals surface area contributed by atoms with Crippen molar-refractivity contribution < 1.29 is 9.53 Å². The predicted molar refractivity (Wildman–Crippen MR) is 93.1 cm³/mol. The second kappa shape index (κ2) is 5.70. The van der Waals surface area contributed by atoms with Gasteiger partial charge in [0.05, 0.1) is 12.3 Å². The smallest absolute Gasteiger partial charge is 0.360 e. The number of nitrogen functional groups attached to an aromatic ring is 1. The van der Waals surface area contributed by atoms with Crippen LogP contribution < -0.4 is 5.73 Å². The molecular weight excluding hydrogens is 310 g/mol. The SMILES string of the molecule is CCOC(=O)c1nc2sc(C)c(-c3ccc(C)c(C)c3)n2c1N. The summed E-state index contributed by atoms with van der Waals surface area (Å²) in [7, 11) is 0. The van der Waals surface area contributed by atoms with Crippen LogP contribution in [0.5, 0.6) is 0 Å². The van der Waals surface area contributed by atoms with Crippen molar-refractivity contribution in [3.8, 4) is 11.3 Å². The van der Waals surface area contributed by atoms with Gasteiger partial charge in [-0.1, -0.05) is 12.1 Å². The van der Waals surface area contributed by atoms with Gasteiger partial charge in [-0.05, 0) is 44.9 Å². The Morgan fingerprint density at radius 3 is 2.70 bits per heavy atom. The maximum atomic E-state index is 12.0. The average Bonchev–Trinajstić information content (AvgIpc) is 2.98. The molecule has 3 aromatic rings. The minimum atomic E-state index is -0.482. The molecule has 0 aliphatic heterocycles. The van der Waals surface area contributed by atoms with Crippen molar-refractivity contribution in [3.63, 3.8) is 0 Å². The Kier molecular flexibility index (Phi) is 3.85. The van der Waals surface area contributed by atoms with Crippen LogP contribution in [0, 0.1) is 20.8 Å². The summed E-state index contributed by atoms with van der Waals surface area (Å²) in [5, 5.41) is 0. The van der Waals surface area contributed by atoms with Crippen LogP contribution in [0.15, 0.2) is 18.2 Å². The molecule has 0 aliphatic rings. The largest absolute Gasteiger partial charge is 0.461 e. The molecule has 120 valence electrons. The Labute approximate surface area is 138 Å². The van der Waals surface area contributed by atoms with Crippen molar-refractivity contribution >= 4 is 28.1 Å². The summed E-state index contributed by atoms with van der Waals surface area (Å²) in [5.74, 6) is -0.152. The minimum absolute atomic E-state index is 0.184. The lowest BCUT2D eigenvalue weighted by Crippen LogP contribution is -2.08. The molecule has 0 amide bonds. The van der Waals surface area contributed by atoms with Crippen LogP contribution in [0.2, 0.25) is 0 Å². The van der Waals surface area contributed by atoms with Crippen molar-refractivity contribution in [1.29, 1.82) is 0 Å². The van der Waals surface area contributed by atoms with Gasteiger partial charge in [0.1, 0.15) is 5.82 Å². The van der Waals surface area contributed by atoms with E-state index in [-0.39, 0.29) is 5.69 Å². The number of aromatic nitrogens is 2. The van der Waals surface area contributed by atoms with Crippen LogP contribution in [0.4, 0.5) is 5.82 Å². The number of aryl methyl sites for hydroxylation is 3. The summed E-state index contributed by atoms with van der Waals surface area (Å²) in [6, 6.07) is 6.29. The third-order valence-electron chi connectivity index (χ3n) is 3.93. The Hall–Kier alpha value is -2.34. The number of ether oxygens (including phenoxy) is 1. The molecule has 2 heterocycles. The maximum Gasteiger partial charge on any atom is 0.360 e. The van der Waals surface area contributed by atoms with E-state index in [0.29, 0.717) is 17.4 Å². The number of nitrogens with zero attached hydrogens (tertiary/aromatic N) is 2. The zero-order chi connectivity index (χ0) is 16.7. The topological polar surface area (TPSA) is 69.6 Å².